The van der Waals surface area contributed by atoms with Crippen molar-refractivity contribution in [2.45, 2.75) is 46.1 Å². The van der Waals surface area contributed by atoms with Gasteiger partial charge in [-0.05, 0) is 53.9 Å². The molecule has 1 heterocycles. The first-order valence-electron chi connectivity index (χ1n) is 8.58. The summed E-state index contributed by atoms with van der Waals surface area (Å²) >= 11 is 13.1. The van der Waals surface area contributed by atoms with E-state index < -0.39 is 0 Å². The van der Waals surface area contributed by atoms with Crippen LogP contribution in [0.3, 0.4) is 0 Å². The maximum Gasteiger partial charge on any atom is 0.260 e. The predicted molar refractivity (Wildman–Crippen MR) is 102 cm³/mol. The van der Waals surface area contributed by atoms with Gasteiger partial charge in [0.15, 0.2) is 0 Å². The van der Waals surface area contributed by atoms with E-state index in [9.17, 15) is 0 Å². The highest BCUT2D eigenvalue weighted by molar-refractivity contribution is 6.40. The second-order valence-electron chi connectivity index (χ2n) is 6.27. The van der Waals surface area contributed by atoms with Crippen LogP contribution in [0, 0.1) is 6.92 Å². The maximum absolute atomic E-state index is 6.57. The standard InChI is InChI=1S/C20H23Cl2N2.BrH/c1-3-4-5-8-13-23-14-24(20(22)19(23)21)18-15(2)11-12-16-9-6-7-10-17(16)18;/h6-7,9-12,14H,3-5,8,13H2,1-2H3;1H/q+1;/p-1. The first-order valence-corrected chi connectivity index (χ1v) is 9.33. The number of aryl methyl sites for hydroxylation is 2. The Hall–Kier alpha value is -1.03. The molecule has 2 aromatic carbocycles. The Balaban J connectivity index is 0.00000225. The highest BCUT2D eigenvalue weighted by Crippen LogP contribution is 2.30. The lowest BCUT2D eigenvalue weighted by atomic mass is 10.0. The van der Waals surface area contributed by atoms with E-state index in [0.717, 1.165) is 18.7 Å². The lowest BCUT2D eigenvalue weighted by molar-refractivity contribution is -0.694. The van der Waals surface area contributed by atoms with Gasteiger partial charge in [-0.15, -0.1) is 0 Å². The number of fused-ring (bicyclic) bond motifs is 1. The topological polar surface area (TPSA) is 8.81 Å². The van der Waals surface area contributed by atoms with Gasteiger partial charge in [0.1, 0.15) is 5.69 Å². The van der Waals surface area contributed by atoms with E-state index in [2.05, 4.69) is 54.8 Å². The van der Waals surface area contributed by atoms with Gasteiger partial charge in [-0.3, -0.25) is 0 Å². The molecule has 0 atom stereocenters. The van der Waals surface area contributed by atoms with Crippen molar-refractivity contribution < 1.29 is 21.5 Å². The fraction of sp³-hybridized carbons (Fsp3) is 0.350. The van der Waals surface area contributed by atoms with Crippen molar-refractivity contribution in [3.63, 3.8) is 0 Å². The quantitative estimate of drug-likeness (QED) is 0.410. The Morgan fingerprint density at radius 3 is 2.52 bits per heavy atom. The number of unbranched alkanes of at least 4 members (excludes halogenated alkanes) is 3. The minimum Gasteiger partial charge on any atom is -1.00 e. The molecule has 0 saturated carbocycles. The molecule has 2 nitrogen and oxygen atoms in total. The van der Waals surface area contributed by atoms with Gasteiger partial charge < -0.3 is 17.0 Å². The van der Waals surface area contributed by atoms with Crippen molar-refractivity contribution in [1.29, 1.82) is 0 Å². The maximum atomic E-state index is 6.57. The van der Waals surface area contributed by atoms with Gasteiger partial charge in [0.2, 0.25) is 0 Å². The number of nitrogens with zero attached hydrogens (tertiary/aromatic N) is 2. The third-order valence-electron chi connectivity index (χ3n) is 4.48. The molecule has 0 saturated heterocycles. The third-order valence-corrected chi connectivity index (χ3v) is 5.34. The van der Waals surface area contributed by atoms with E-state index in [1.165, 1.54) is 35.6 Å². The third kappa shape index (κ3) is 4.21. The highest BCUT2D eigenvalue weighted by Gasteiger charge is 2.23. The Morgan fingerprint density at radius 1 is 1.00 bits per heavy atom. The van der Waals surface area contributed by atoms with Crippen LogP contribution in [0.15, 0.2) is 42.7 Å². The molecule has 3 aromatic rings. The summed E-state index contributed by atoms with van der Waals surface area (Å²) in [6.07, 6.45) is 6.86. The molecule has 5 heteroatoms. The minimum absolute atomic E-state index is 0. The Bertz CT molecular complexity index is 858. The molecule has 0 amide bonds. The predicted octanol–water partition coefficient (Wildman–Crippen LogP) is 3.12. The van der Waals surface area contributed by atoms with Crippen LogP contribution in [-0.2, 0) is 6.54 Å². The Morgan fingerprint density at radius 2 is 1.76 bits per heavy atom. The normalized spacial score (nSPS) is 10.9. The van der Waals surface area contributed by atoms with Crippen molar-refractivity contribution in [3.05, 3.63) is 58.6 Å². The van der Waals surface area contributed by atoms with Gasteiger partial charge in [-0.2, -0.15) is 4.57 Å². The fourth-order valence-electron chi connectivity index (χ4n) is 3.16. The average Bonchev–Trinajstić information content (AvgIpc) is 2.87. The SMILES string of the molecule is CCCCCC[n+]1cn(-c2c(C)ccc3ccccc23)c(Cl)c1Cl.[Br-]. The van der Waals surface area contributed by atoms with Gasteiger partial charge in [-0.1, -0.05) is 56.2 Å². The highest BCUT2D eigenvalue weighted by atomic mass is 79.9. The summed E-state index contributed by atoms with van der Waals surface area (Å²) in [5.74, 6) is 0. The average molecular weight is 442 g/mol. The molecule has 0 bridgehead atoms. The van der Waals surface area contributed by atoms with E-state index in [0.29, 0.717) is 10.3 Å². The van der Waals surface area contributed by atoms with Crippen LogP contribution >= 0.6 is 23.2 Å². The van der Waals surface area contributed by atoms with Crippen molar-refractivity contribution >= 4 is 34.0 Å². The van der Waals surface area contributed by atoms with E-state index in [1.807, 2.05) is 10.9 Å². The molecular formula is C20H23BrCl2N2. The van der Waals surface area contributed by atoms with E-state index in [1.54, 1.807) is 0 Å². The van der Waals surface area contributed by atoms with Gasteiger partial charge in [0.05, 0.1) is 6.54 Å². The summed E-state index contributed by atoms with van der Waals surface area (Å²) in [5.41, 5.74) is 2.28. The second-order valence-corrected chi connectivity index (χ2v) is 6.99. The van der Waals surface area contributed by atoms with Gasteiger partial charge in [0, 0.05) is 5.39 Å². The van der Waals surface area contributed by atoms with Crippen LogP contribution in [0.4, 0.5) is 0 Å². The van der Waals surface area contributed by atoms with Crippen LogP contribution in [0.5, 0.6) is 0 Å². The van der Waals surface area contributed by atoms with Crippen LogP contribution in [0.2, 0.25) is 10.3 Å². The van der Waals surface area contributed by atoms with Crippen molar-refractivity contribution in [1.82, 2.24) is 4.57 Å². The zero-order valence-electron chi connectivity index (χ0n) is 14.6. The molecule has 0 aliphatic heterocycles. The molecule has 0 unspecified atom stereocenters. The second kappa shape index (κ2) is 9.07. The van der Waals surface area contributed by atoms with Gasteiger partial charge in [0.25, 0.3) is 16.6 Å². The van der Waals surface area contributed by atoms with Crippen molar-refractivity contribution in [2.75, 3.05) is 0 Å². The summed E-state index contributed by atoms with van der Waals surface area (Å²) in [6, 6.07) is 12.6. The number of benzene rings is 2. The number of aromatic nitrogens is 2. The van der Waals surface area contributed by atoms with Gasteiger partial charge >= 0.3 is 0 Å². The van der Waals surface area contributed by atoms with Gasteiger partial charge in [-0.25, -0.2) is 4.57 Å². The number of halogens is 3. The largest absolute Gasteiger partial charge is 1.00 e. The molecule has 0 N–H and O–H groups in total. The van der Waals surface area contributed by atoms with E-state index >= 15 is 0 Å². The lowest BCUT2D eigenvalue weighted by Crippen LogP contribution is -3.00. The summed E-state index contributed by atoms with van der Waals surface area (Å²) in [5, 5.41) is 3.57. The molecule has 3 rings (SSSR count). The van der Waals surface area contributed by atoms with Crippen LogP contribution < -0.4 is 21.5 Å². The number of hydrogen-bond acceptors (Lipinski definition) is 0. The molecule has 134 valence electrons. The molecule has 0 aliphatic carbocycles. The fourth-order valence-corrected chi connectivity index (χ4v) is 3.62. The molecule has 0 aliphatic rings. The van der Waals surface area contributed by atoms with Crippen LogP contribution in [0.1, 0.15) is 38.2 Å². The number of rotatable bonds is 6. The number of imidazole rings is 1. The molecule has 0 spiro atoms. The molecule has 25 heavy (non-hydrogen) atoms. The van der Waals surface area contributed by atoms with Crippen LogP contribution in [-0.4, -0.2) is 4.57 Å². The zero-order chi connectivity index (χ0) is 17.1. The van der Waals surface area contributed by atoms with E-state index in [4.69, 9.17) is 23.2 Å². The van der Waals surface area contributed by atoms with Crippen molar-refractivity contribution in [2.24, 2.45) is 0 Å². The summed E-state index contributed by atoms with van der Waals surface area (Å²) in [6.45, 7) is 5.23. The Labute approximate surface area is 170 Å². The Kier molecular flexibility index (Phi) is 7.36. The molecule has 0 fully saturated rings. The lowest BCUT2D eigenvalue weighted by Gasteiger charge is -2.07. The summed E-state index contributed by atoms with van der Waals surface area (Å²) in [7, 11) is 0. The minimum atomic E-state index is 0. The van der Waals surface area contributed by atoms with Crippen LogP contribution in [0.25, 0.3) is 16.5 Å². The van der Waals surface area contributed by atoms with E-state index in [-0.39, 0.29) is 17.0 Å². The molecular weight excluding hydrogens is 419 g/mol. The van der Waals surface area contributed by atoms with Crippen molar-refractivity contribution in [3.8, 4) is 5.69 Å². The molecule has 1 aromatic heterocycles. The summed E-state index contributed by atoms with van der Waals surface area (Å²) < 4.78 is 4.07. The smallest absolute Gasteiger partial charge is 0.260 e. The number of hydrogen-bond donors (Lipinski definition) is 0. The summed E-state index contributed by atoms with van der Waals surface area (Å²) in [4.78, 5) is 0. The zero-order valence-corrected chi connectivity index (χ0v) is 17.7. The first kappa shape index (κ1) is 20.3. The first-order chi connectivity index (χ1) is 11.6. The molecule has 0 radical (unpaired) electrons. The monoisotopic (exact) mass is 440 g/mol.